The summed E-state index contributed by atoms with van der Waals surface area (Å²) in [5.74, 6) is 5.46. The van der Waals surface area contributed by atoms with Crippen LogP contribution in [0.1, 0.15) is 107 Å². The van der Waals surface area contributed by atoms with Crippen LogP contribution in [0.2, 0.25) is 5.02 Å². The molecule has 164 valence electrons. The number of halogens is 1. The second-order valence-electron chi connectivity index (χ2n) is 11.9. The number of hydrogen-bond donors (Lipinski definition) is 0. The van der Waals surface area contributed by atoms with Gasteiger partial charge in [-0.05, 0) is 117 Å². The predicted molar refractivity (Wildman–Crippen MR) is 126 cm³/mol. The maximum atomic E-state index is 6.82. The molecule has 0 spiro atoms. The van der Waals surface area contributed by atoms with Crippen LogP contribution in [-0.4, -0.2) is 23.5 Å². The third-order valence-corrected chi connectivity index (χ3v) is 10.3. The Bertz CT molecular complexity index is 744. The lowest BCUT2D eigenvalue weighted by molar-refractivity contribution is -0.0886. The molecule has 0 saturated heterocycles. The Morgan fingerprint density at radius 2 is 1.60 bits per heavy atom. The van der Waals surface area contributed by atoms with E-state index in [1.54, 1.807) is 19.3 Å². The molecule has 30 heavy (non-hydrogen) atoms. The fraction of sp³-hybridized carbons (Fsp3) is 0.786. The zero-order valence-electron chi connectivity index (χ0n) is 18.9. The summed E-state index contributed by atoms with van der Waals surface area (Å²) in [7, 11) is 0. The first-order valence-corrected chi connectivity index (χ1v) is 13.6. The third-order valence-electron chi connectivity index (χ3n) is 9.93. The van der Waals surface area contributed by atoms with Crippen LogP contribution in [0.25, 0.3) is 0 Å². The molecule has 6 aliphatic rings. The average molecular weight is 426 g/mol. The van der Waals surface area contributed by atoms with E-state index in [-0.39, 0.29) is 0 Å². The molecular weight excluding hydrogens is 386 g/mol. The molecule has 0 aromatic heterocycles. The molecule has 4 bridgehead atoms. The van der Waals surface area contributed by atoms with Gasteiger partial charge >= 0.3 is 0 Å². The summed E-state index contributed by atoms with van der Waals surface area (Å²) >= 11 is 6.82. The first-order chi connectivity index (χ1) is 14.6. The third kappa shape index (κ3) is 3.57. The lowest BCUT2D eigenvalue weighted by Gasteiger charge is -2.60. The Balaban J connectivity index is 1.13. The number of nitrogens with zero attached hydrogens (tertiary/aromatic N) is 1. The van der Waals surface area contributed by atoms with Crippen LogP contribution in [-0.2, 0) is 0 Å². The lowest BCUT2D eigenvalue weighted by atomic mass is 9.52. The Kier molecular flexibility index (Phi) is 5.23. The summed E-state index contributed by atoms with van der Waals surface area (Å²) in [5.41, 5.74) is 3.52. The lowest BCUT2D eigenvalue weighted by Crippen LogP contribution is -2.60. The maximum absolute atomic E-state index is 6.82. The van der Waals surface area contributed by atoms with Gasteiger partial charge in [0.1, 0.15) is 0 Å². The summed E-state index contributed by atoms with van der Waals surface area (Å²) in [6, 6.07) is 7.17. The molecule has 1 aromatic carbocycles. The van der Waals surface area contributed by atoms with E-state index >= 15 is 0 Å². The normalized spacial score (nSPS) is 40.3. The van der Waals surface area contributed by atoms with Gasteiger partial charge in [-0.3, -0.25) is 4.90 Å². The smallest absolute Gasteiger partial charge is 0.0443 e. The highest BCUT2D eigenvalue weighted by Crippen LogP contribution is 2.59. The van der Waals surface area contributed by atoms with Gasteiger partial charge in [0.05, 0.1) is 0 Å². The summed E-state index contributed by atoms with van der Waals surface area (Å²) < 4.78 is 0. The van der Waals surface area contributed by atoms with Crippen LogP contribution >= 0.6 is 11.6 Å². The summed E-state index contributed by atoms with van der Waals surface area (Å²) in [5, 5.41) is 1.05. The van der Waals surface area contributed by atoms with Crippen molar-refractivity contribution in [3.63, 3.8) is 0 Å². The summed E-state index contributed by atoms with van der Waals surface area (Å²) in [6.45, 7) is 5.00. The van der Waals surface area contributed by atoms with Crippen molar-refractivity contribution in [1.82, 2.24) is 4.90 Å². The van der Waals surface area contributed by atoms with Crippen molar-refractivity contribution >= 4 is 11.6 Å². The quantitative estimate of drug-likeness (QED) is 0.449. The van der Waals surface area contributed by atoms with Gasteiger partial charge in [0, 0.05) is 17.1 Å². The van der Waals surface area contributed by atoms with Crippen molar-refractivity contribution in [1.29, 1.82) is 0 Å². The summed E-state index contributed by atoms with van der Waals surface area (Å²) in [6.07, 6.45) is 17.4. The molecule has 0 radical (unpaired) electrons. The van der Waals surface area contributed by atoms with Crippen molar-refractivity contribution in [2.75, 3.05) is 13.1 Å². The highest BCUT2D eigenvalue weighted by molar-refractivity contribution is 6.31. The molecule has 2 heteroatoms. The molecule has 0 aliphatic heterocycles. The van der Waals surface area contributed by atoms with Gasteiger partial charge in [-0.25, -0.2) is 0 Å². The standard InChI is InChI=1S/C28H40ClN/c1-2-30(28-15-19-10-20(16-28)12-21(11-19)17-28)18-24-13-26(24)23-8-9-25(27(29)14-23)22-6-4-3-5-7-22/h8-9,14,19-22,24,26H,2-7,10-13,15-18H2,1H3. The van der Waals surface area contributed by atoms with E-state index in [2.05, 4.69) is 30.0 Å². The van der Waals surface area contributed by atoms with Gasteiger partial charge in [0.15, 0.2) is 0 Å². The SMILES string of the molecule is CCN(CC1CC1c1ccc(C2CCCCC2)c(Cl)c1)C12CC3CC(CC(C3)C1)C2. The van der Waals surface area contributed by atoms with Crippen molar-refractivity contribution in [2.24, 2.45) is 23.7 Å². The fourth-order valence-corrected chi connectivity index (χ4v) is 9.11. The summed E-state index contributed by atoms with van der Waals surface area (Å²) in [4.78, 5) is 2.96. The first kappa shape index (κ1) is 20.1. The van der Waals surface area contributed by atoms with Gasteiger partial charge < -0.3 is 0 Å². The van der Waals surface area contributed by atoms with Crippen LogP contribution in [0.3, 0.4) is 0 Å². The minimum atomic E-state index is 0.569. The molecule has 0 heterocycles. The van der Waals surface area contributed by atoms with E-state index in [1.165, 1.54) is 82.0 Å². The second kappa shape index (κ2) is 7.80. The molecule has 7 rings (SSSR count). The van der Waals surface area contributed by atoms with Crippen LogP contribution < -0.4 is 0 Å². The fourth-order valence-electron chi connectivity index (χ4n) is 8.77. The van der Waals surface area contributed by atoms with E-state index < -0.39 is 0 Å². The van der Waals surface area contributed by atoms with Crippen molar-refractivity contribution in [2.45, 2.75) is 101 Å². The van der Waals surface area contributed by atoms with E-state index in [4.69, 9.17) is 11.6 Å². The molecule has 6 fully saturated rings. The minimum Gasteiger partial charge on any atom is -0.298 e. The molecule has 6 aliphatic carbocycles. The number of benzene rings is 1. The molecule has 1 aromatic rings. The molecular formula is C28H40ClN. The number of hydrogen-bond acceptors (Lipinski definition) is 1. The minimum absolute atomic E-state index is 0.569. The molecule has 2 atom stereocenters. The largest absolute Gasteiger partial charge is 0.298 e. The Morgan fingerprint density at radius 1 is 0.933 bits per heavy atom. The highest BCUT2D eigenvalue weighted by Gasteiger charge is 2.54. The van der Waals surface area contributed by atoms with Gasteiger partial charge in [0.2, 0.25) is 0 Å². The highest BCUT2D eigenvalue weighted by atomic mass is 35.5. The molecule has 0 N–H and O–H groups in total. The van der Waals surface area contributed by atoms with E-state index in [0.29, 0.717) is 11.5 Å². The van der Waals surface area contributed by atoms with E-state index in [1.807, 2.05) is 0 Å². The van der Waals surface area contributed by atoms with E-state index in [0.717, 1.165) is 34.6 Å². The molecule has 0 amide bonds. The zero-order valence-corrected chi connectivity index (χ0v) is 19.7. The Morgan fingerprint density at radius 3 is 2.20 bits per heavy atom. The average Bonchev–Trinajstić information content (AvgIpc) is 3.51. The molecule has 6 saturated carbocycles. The number of rotatable bonds is 6. The van der Waals surface area contributed by atoms with Crippen LogP contribution in [0, 0.1) is 23.7 Å². The predicted octanol–water partition coefficient (Wildman–Crippen LogP) is 7.78. The van der Waals surface area contributed by atoms with Crippen LogP contribution in [0.15, 0.2) is 18.2 Å². The Hall–Kier alpha value is -0.530. The second-order valence-corrected chi connectivity index (χ2v) is 12.3. The van der Waals surface area contributed by atoms with Crippen LogP contribution in [0.4, 0.5) is 0 Å². The first-order valence-electron chi connectivity index (χ1n) is 13.2. The van der Waals surface area contributed by atoms with Crippen molar-refractivity contribution < 1.29 is 0 Å². The van der Waals surface area contributed by atoms with Crippen molar-refractivity contribution in [3.05, 3.63) is 34.3 Å². The zero-order chi connectivity index (χ0) is 20.3. The molecule has 2 unspecified atom stereocenters. The van der Waals surface area contributed by atoms with Gasteiger partial charge in [0.25, 0.3) is 0 Å². The van der Waals surface area contributed by atoms with E-state index in [9.17, 15) is 0 Å². The van der Waals surface area contributed by atoms with Crippen molar-refractivity contribution in [3.8, 4) is 0 Å². The monoisotopic (exact) mass is 425 g/mol. The van der Waals surface area contributed by atoms with Gasteiger partial charge in [-0.1, -0.05) is 49.9 Å². The Labute approximate surface area is 188 Å². The molecule has 1 nitrogen and oxygen atoms in total. The van der Waals surface area contributed by atoms with Crippen LogP contribution in [0.5, 0.6) is 0 Å². The van der Waals surface area contributed by atoms with Gasteiger partial charge in [-0.15, -0.1) is 0 Å². The topological polar surface area (TPSA) is 3.24 Å². The van der Waals surface area contributed by atoms with Gasteiger partial charge in [-0.2, -0.15) is 0 Å². The maximum Gasteiger partial charge on any atom is 0.0443 e.